The number of amides is 1. The quantitative estimate of drug-likeness (QED) is 0.709. The van der Waals surface area contributed by atoms with Crippen molar-refractivity contribution in [3.8, 4) is 17.0 Å². The number of halogens is 4. The van der Waals surface area contributed by atoms with E-state index in [4.69, 9.17) is 11.6 Å². The van der Waals surface area contributed by atoms with Crippen molar-refractivity contribution in [1.29, 1.82) is 0 Å². The van der Waals surface area contributed by atoms with E-state index in [2.05, 4.69) is 9.84 Å². The van der Waals surface area contributed by atoms with Crippen molar-refractivity contribution in [3.63, 3.8) is 0 Å². The molecule has 1 amide bonds. The molecule has 1 fully saturated rings. The number of likely N-dealkylation sites (tertiary alicyclic amines) is 1. The molecule has 2 heterocycles. The van der Waals surface area contributed by atoms with Gasteiger partial charge in [-0.15, -0.1) is 24.8 Å². The van der Waals surface area contributed by atoms with Crippen LogP contribution in [0.15, 0.2) is 48.6 Å². The fourth-order valence-corrected chi connectivity index (χ4v) is 3.83. The predicted octanol–water partition coefficient (Wildman–Crippen LogP) is 4.06. The molecule has 1 saturated heterocycles. The Morgan fingerprint density at radius 1 is 1.29 bits per heavy atom. The van der Waals surface area contributed by atoms with Gasteiger partial charge in [-0.1, -0.05) is 18.2 Å². The Morgan fingerprint density at radius 2 is 2.10 bits per heavy atom. The summed E-state index contributed by atoms with van der Waals surface area (Å²) in [5.41, 5.74) is 1.53. The first kappa shape index (κ1) is 21.5. The standard InChI is InChI=1S/C21H19ClF3N3O3/c22-14-4-2-5-15(10-14)28-19(13-3-1-6-17(9-13)31-21(23,24)25)11-18(26-28)20(30)27-8-7-16(29)12-27/h1-3,5-6,9-11,14,16,29H,4,7-8,12H2/t14?,16-/m1/s1. The lowest BCUT2D eigenvalue weighted by Crippen LogP contribution is -2.30. The summed E-state index contributed by atoms with van der Waals surface area (Å²) in [7, 11) is 0. The molecule has 0 saturated carbocycles. The van der Waals surface area contributed by atoms with Gasteiger partial charge in [0, 0.05) is 18.7 Å². The first-order valence-corrected chi connectivity index (χ1v) is 10.1. The number of β-amino-alcohol motifs (C(OH)–C–C–N with tert-alkyl or cyclic N) is 1. The van der Waals surface area contributed by atoms with Crippen molar-refractivity contribution in [2.24, 2.45) is 0 Å². The second-order valence-electron chi connectivity index (χ2n) is 7.34. The number of carbonyl (C=O) groups is 1. The summed E-state index contributed by atoms with van der Waals surface area (Å²) >= 11 is 6.23. The minimum atomic E-state index is -4.82. The summed E-state index contributed by atoms with van der Waals surface area (Å²) in [6, 6.07) is 6.99. The topological polar surface area (TPSA) is 67.6 Å². The molecule has 1 unspecified atom stereocenters. The Labute approximate surface area is 181 Å². The number of aliphatic hydroxyl groups excluding tert-OH is 1. The number of aliphatic hydroxyl groups is 1. The molecule has 1 aliphatic heterocycles. The molecular weight excluding hydrogens is 435 g/mol. The van der Waals surface area contributed by atoms with Crippen molar-refractivity contribution >= 4 is 23.2 Å². The van der Waals surface area contributed by atoms with E-state index < -0.39 is 12.5 Å². The number of alkyl halides is 4. The molecule has 2 atom stereocenters. The zero-order valence-corrected chi connectivity index (χ0v) is 17.0. The monoisotopic (exact) mass is 453 g/mol. The van der Waals surface area contributed by atoms with Gasteiger partial charge in [0.25, 0.3) is 5.91 Å². The number of hydrogen-bond donors (Lipinski definition) is 1. The fraction of sp³-hybridized carbons (Fsp3) is 0.333. The van der Waals surface area contributed by atoms with Gasteiger partial charge < -0.3 is 14.7 Å². The van der Waals surface area contributed by atoms with E-state index in [1.807, 2.05) is 6.08 Å². The lowest BCUT2D eigenvalue weighted by Gasteiger charge is -2.15. The zero-order valence-electron chi connectivity index (χ0n) is 16.2. The summed E-state index contributed by atoms with van der Waals surface area (Å²) in [5, 5.41) is 13.9. The van der Waals surface area contributed by atoms with Crippen LogP contribution in [0.25, 0.3) is 17.0 Å². The fourth-order valence-electron chi connectivity index (χ4n) is 3.60. The summed E-state index contributed by atoms with van der Waals surface area (Å²) in [5.74, 6) is -0.737. The molecule has 2 aliphatic rings. The van der Waals surface area contributed by atoms with Gasteiger partial charge in [0.15, 0.2) is 5.69 Å². The van der Waals surface area contributed by atoms with Gasteiger partial charge in [0.05, 0.1) is 22.9 Å². The van der Waals surface area contributed by atoms with Crippen LogP contribution in [0, 0.1) is 0 Å². The Morgan fingerprint density at radius 3 is 2.77 bits per heavy atom. The number of aromatic nitrogens is 2. The number of rotatable bonds is 4. The molecule has 0 spiro atoms. The van der Waals surface area contributed by atoms with Crippen LogP contribution in [0.1, 0.15) is 23.3 Å². The number of allylic oxidation sites excluding steroid dienone is 4. The van der Waals surface area contributed by atoms with E-state index in [1.165, 1.54) is 33.8 Å². The van der Waals surface area contributed by atoms with Gasteiger partial charge in [0.2, 0.25) is 0 Å². The number of hydrogen-bond acceptors (Lipinski definition) is 4. The molecule has 31 heavy (non-hydrogen) atoms. The Bertz CT molecular complexity index is 1050. The van der Waals surface area contributed by atoms with E-state index in [-0.39, 0.29) is 29.3 Å². The van der Waals surface area contributed by atoms with Crippen LogP contribution in [-0.2, 0) is 0 Å². The van der Waals surface area contributed by atoms with Crippen molar-refractivity contribution in [1.82, 2.24) is 14.7 Å². The van der Waals surface area contributed by atoms with Crippen LogP contribution in [0.4, 0.5) is 13.2 Å². The van der Waals surface area contributed by atoms with Gasteiger partial charge >= 0.3 is 6.36 Å². The average Bonchev–Trinajstić information content (AvgIpc) is 3.33. The maximum Gasteiger partial charge on any atom is 0.573 e. The van der Waals surface area contributed by atoms with E-state index in [1.54, 1.807) is 18.2 Å². The zero-order chi connectivity index (χ0) is 22.2. The highest BCUT2D eigenvalue weighted by molar-refractivity contribution is 6.22. The molecule has 4 rings (SSSR count). The highest BCUT2D eigenvalue weighted by Gasteiger charge is 2.32. The normalized spacial score (nSPS) is 21.3. The molecule has 1 aromatic heterocycles. The second-order valence-corrected chi connectivity index (χ2v) is 7.90. The van der Waals surface area contributed by atoms with Crippen molar-refractivity contribution < 1.29 is 27.8 Å². The summed E-state index contributed by atoms with van der Waals surface area (Å²) < 4.78 is 43.5. The van der Waals surface area contributed by atoms with E-state index in [9.17, 15) is 23.1 Å². The maximum atomic E-state index is 12.9. The van der Waals surface area contributed by atoms with Crippen LogP contribution < -0.4 is 4.74 Å². The van der Waals surface area contributed by atoms with E-state index >= 15 is 0 Å². The number of carbonyl (C=O) groups excluding carboxylic acids is 1. The van der Waals surface area contributed by atoms with Crippen molar-refractivity contribution in [2.75, 3.05) is 13.1 Å². The SMILES string of the molecule is O=C(c1cc(-c2cccc(OC(F)(F)F)c2)n(C2=CC(Cl)CC=C2)n1)N1CC[C@@H](O)C1. The molecule has 0 bridgehead atoms. The average molecular weight is 454 g/mol. The highest BCUT2D eigenvalue weighted by Crippen LogP contribution is 2.31. The number of nitrogens with zero attached hydrogens (tertiary/aromatic N) is 3. The third kappa shape index (κ3) is 4.94. The number of ether oxygens (including phenoxy) is 1. The smallest absolute Gasteiger partial charge is 0.406 e. The van der Waals surface area contributed by atoms with Crippen LogP contribution in [-0.4, -0.2) is 56.6 Å². The lowest BCUT2D eigenvalue weighted by atomic mass is 10.1. The Kier molecular flexibility index (Phi) is 5.81. The molecule has 1 aliphatic carbocycles. The Balaban J connectivity index is 1.75. The van der Waals surface area contributed by atoms with E-state index in [0.29, 0.717) is 36.3 Å². The first-order chi connectivity index (χ1) is 14.7. The third-order valence-electron chi connectivity index (χ3n) is 4.99. The summed E-state index contributed by atoms with van der Waals surface area (Å²) in [4.78, 5) is 14.4. The second kappa shape index (κ2) is 8.39. The molecule has 6 nitrogen and oxygen atoms in total. The Hall–Kier alpha value is -2.78. The van der Waals surface area contributed by atoms with Gasteiger partial charge in [-0.2, -0.15) is 5.10 Å². The van der Waals surface area contributed by atoms with Crippen LogP contribution in [0.2, 0.25) is 0 Å². The van der Waals surface area contributed by atoms with Crippen LogP contribution in [0.3, 0.4) is 0 Å². The first-order valence-electron chi connectivity index (χ1n) is 9.66. The molecule has 2 aromatic rings. The van der Waals surface area contributed by atoms with Crippen molar-refractivity contribution in [3.05, 3.63) is 54.3 Å². The minimum absolute atomic E-state index is 0.122. The predicted molar refractivity (Wildman–Crippen MR) is 109 cm³/mol. The van der Waals surface area contributed by atoms with Gasteiger partial charge in [-0.3, -0.25) is 4.79 Å². The highest BCUT2D eigenvalue weighted by atomic mass is 35.5. The summed E-state index contributed by atoms with van der Waals surface area (Å²) in [6.07, 6.45) is 1.13. The van der Waals surface area contributed by atoms with E-state index in [0.717, 1.165) is 0 Å². The summed E-state index contributed by atoms with van der Waals surface area (Å²) in [6.45, 7) is 0.617. The van der Waals surface area contributed by atoms with Crippen LogP contribution in [0.5, 0.6) is 5.75 Å². The van der Waals surface area contributed by atoms with Gasteiger partial charge in [0.1, 0.15) is 5.75 Å². The molecule has 10 heteroatoms. The largest absolute Gasteiger partial charge is 0.573 e. The molecular formula is C21H19ClF3N3O3. The molecule has 0 radical (unpaired) electrons. The minimum Gasteiger partial charge on any atom is -0.406 e. The van der Waals surface area contributed by atoms with Gasteiger partial charge in [-0.25, -0.2) is 4.68 Å². The molecule has 1 aromatic carbocycles. The van der Waals surface area contributed by atoms with Gasteiger partial charge in [-0.05, 0) is 43.2 Å². The van der Waals surface area contributed by atoms with Crippen molar-refractivity contribution in [2.45, 2.75) is 30.7 Å². The lowest BCUT2D eigenvalue weighted by molar-refractivity contribution is -0.274. The molecule has 164 valence electrons. The third-order valence-corrected chi connectivity index (χ3v) is 5.29. The van der Waals surface area contributed by atoms with Crippen LogP contribution >= 0.6 is 11.6 Å². The number of benzene rings is 1. The molecule has 1 N–H and O–H groups in total. The maximum absolute atomic E-state index is 12.9.